The maximum Gasteiger partial charge on any atom is 0.226 e. The van der Waals surface area contributed by atoms with Gasteiger partial charge in [0.05, 0.1) is 13.0 Å². The maximum absolute atomic E-state index is 12.4. The lowest BCUT2D eigenvalue weighted by molar-refractivity contribution is -0.126. The van der Waals surface area contributed by atoms with E-state index in [9.17, 15) is 4.79 Å². The number of hydrogen-bond donors (Lipinski definition) is 1. The predicted molar refractivity (Wildman–Crippen MR) is 88.1 cm³/mol. The molecule has 0 fully saturated rings. The van der Waals surface area contributed by atoms with Gasteiger partial charge in [0.25, 0.3) is 0 Å². The van der Waals surface area contributed by atoms with Crippen LogP contribution in [0.25, 0.3) is 0 Å². The molecule has 0 spiro atoms. The average molecular weight is 330 g/mol. The van der Waals surface area contributed by atoms with Gasteiger partial charge in [0.2, 0.25) is 5.91 Å². The smallest absolute Gasteiger partial charge is 0.226 e. The van der Waals surface area contributed by atoms with Gasteiger partial charge in [-0.25, -0.2) is 0 Å². The highest BCUT2D eigenvalue weighted by Gasteiger charge is 2.26. The Bertz CT molecular complexity index is 714. The Labute approximate surface area is 141 Å². The van der Waals surface area contributed by atoms with Gasteiger partial charge >= 0.3 is 0 Å². The number of aromatic nitrogens is 3. The molecule has 2 heterocycles. The normalized spacial score (nSPS) is 16.2. The van der Waals surface area contributed by atoms with E-state index < -0.39 is 0 Å². The first kappa shape index (κ1) is 16.3. The van der Waals surface area contributed by atoms with E-state index >= 15 is 0 Å². The van der Waals surface area contributed by atoms with E-state index in [2.05, 4.69) is 15.5 Å². The monoisotopic (exact) mass is 330 g/mol. The number of hydrogen-bond acceptors (Lipinski definition) is 5. The van der Waals surface area contributed by atoms with E-state index in [1.807, 2.05) is 29.7 Å². The SMILES string of the molecule is CCn1cnnc1CCNC(=O)C1COc2cc(OC)ccc2C1. The molecule has 1 aromatic carbocycles. The molecule has 0 aliphatic carbocycles. The van der Waals surface area contributed by atoms with Gasteiger partial charge in [-0.3, -0.25) is 4.79 Å². The molecule has 0 saturated carbocycles. The summed E-state index contributed by atoms with van der Waals surface area (Å²) in [5.74, 6) is 2.29. The lowest BCUT2D eigenvalue weighted by Gasteiger charge is -2.25. The second-order valence-corrected chi connectivity index (χ2v) is 5.76. The molecule has 1 aliphatic rings. The average Bonchev–Trinajstić information content (AvgIpc) is 3.08. The maximum atomic E-state index is 12.4. The molecule has 128 valence electrons. The highest BCUT2D eigenvalue weighted by Crippen LogP contribution is 2.30. The van der Waals surface area contributed by atoms with Crippen LogP contribution in [0.2, 0.25) is 0 Å². The van der Waals surface area contributed by atoms with E-state index in [1.54, 1.807) is 13.4 Å². The summed E-state index contributed by atoms with van der Waals surface area (Å²) in [5, 5.41) is 10.9. The second-order valence-electron chi connectivity index (χ2n) is 5.76. The van der Waals surface area contributed by atoms with Crippen molar-refractivity contribution in [2.24, 2.45) is 5.92 Å². The van der Waals surface area contributed by atoms with Crippen LogP contribution in [0.15, 0.2) is 24.5 Å². The highest BCUT2D eigenvalue weighted by atomic mass is 16.5. The largest absolute Gasteiger partial charge is 0.497 e. The summed E-state index contributed by atoms with van der Waals surface area (Å²) in [6.07, 6.45) is 3.05. The minimum atomic E-state index is -0.171. The molecule has 0 bridgehead atoms. The molecule has 0 radical (unpaired) electrons. The van der Waals surface area contributed by atoms with Gasteiger partial charge in [0.1, 0.15) is 30.3 Å². The van der Waals surface area contributed by atoms with Gasteiger partial charge in [-0.15, -0.1) is 10.2 Å². The van der Waals surface area contributed by atoms with Gasteiger partial charge in [-0.1, -0.05) is 6.07 Å². The Morgan fingerprint density at radius 2 is 2.38 bits per heavy atom. The van der Waals surface area contributed by atoms with E-state index in [0.29, 0.717) is 26.0 Å². The van der Waals surface area contributed by atoms with Gasteiger partial charge in [-0.2, -0.15) is 0 Å². The molecule has 3 rings (SSSR count). The standard InChI is InChI=1S/C17H22N4O3/c1-3-21-11-19-20-16(21)6-7-18-17(22)13-8-12-4-5-14(23-2)9-15(12)24-10-13/h4-5,9,11,13H,3,6-8,10H2,1-2H3,(H,18,22). The van der Waals surface area contributed by atoms with Crippen molar-refractivity contribution in [2.75, 3.05) is 20.3 Å². The van der Waals surface area contributed by atoms with E-state index in [4.69, 9.17) is 9.47 Å². The van der Waals surface area contributed by atoms with Crippen molar-refractivity contribution in [1.29, 1.82) is 0 Å². The van der Waals surface area contributed by atoms with Crippen molar-refractivity contribution in [3.05, 3.63) is 35.9 Å². The molecular formula is C17H22N4O3. The molecule has 24 heavy (non-hydrogen) atoms. The number of ether oxygens (including phenoxy) is 2. The Hall–Kier alpha value is -2.57. The van der Waals surface area contributed by atoms with Gasteiger partial charge in [-0.05, 0) is 25.0 Å². The fourth-order valence-electron chi connectivity index (χ4n) is 2.83. The molecule has 1 amide bonds. The first-order valence-corrected chi connectivity index (χ1v) is 8.15. The van der Waals surface area contributed by atoms with Crippen molar-refractivity contribution in [3.8, 4) is 11.5 Å². The Balaban J connectivity index is 1.52. The minimum Gasteiger partial charge on any atom is -0.497 e. The summed E-state index contributed by atoms with van der Waals surface area (Å²) >= 11 is 0. The lowest BCUT2D eigenvalue weighted by atomic mass is 9.96. The summed E-state index contributed by atoms with van der Waals surface area (Å²) in [6.45, 7) is 3.80. The molecule has 1 aromatic heterocycles. The molecule has 1 atom stereocenters. The van der Waals surface area contributed by atoms with Crippen LogP contribution in [-0.4, -0.2) is 40.9 Å². The number of aryl methyl sites for hydroxylation is 1. The van der Waals surface area contributed by atoms with Crippen LogP contribution in [0.5, 0.6) is 11.5 Å². The molecule has 0 saturated heterocycles. The molecule has 7 heteroatoms. The van der Waals surface area contributed by atoms with Crippen molar-refractivity contribution in [2.45, 2.75) is 26.3 Å². The number of nitrogens with one attached hydrogen (secondary N) is 1. The number of nitrogens with zero attached hydrogens (tertiary/aromatic N) is 3. The molecule has 7 nitrogen and oxygen atoms in total. The van der Waals surface area contributed by atoms with Gasteiger partial charge in [0.15, 0.2) is 0 Å². The van der Waals surface area contributed by atoms with Crippen LogP contribution in [0.3, 0.4) is 0 Å². The van der Waals surface area contributed by atoms with E-state index in [-0.39, 0.29) is 11.8 Å². The first-order chi connectivity index (χ1) is 11.7. The fraction of sp³-hybridized carbons (Fsp3) is 0.471. The summed E-state index contributed by atoms with van der Waals surface area (Å²) in [5.41, 5.74) is 1.04. The molecular weight excluding hydrogens is 308 g/mol. The predicted octanol–water partition coefficient (Wildman–Crippen LogP) is 1.22. The fourth-order valence-corrected chi connectivity index (χ4v) is 2.83. The van der Waals surface area contributed by atoms with Crippen LogP contribution in [0, 0.1) is 5.92 Å². The minimum absolute atomic E-state index is 0.0130. The summed E-state index contributed by atoms with van der Waals surface area (Å²) in [6, 6.07) is 5.71. The zero-order valence-electron chi connectivity index (χ0n) is 14.0. The number of fused-ring (bicyclic) bond motifs is 1. The number of carbonyl (C=O) groups is 1. The second kappa shape index (κ2) is 7.33. The lowest BCUT2D eigenvalue weighted by Crippen LogP contribution is -2.38. The van der Waals surface area contributed by atoms with Crippen LogP contribution >= 0.6 is 0 Å². The van der Waals surface area contributed by atoms with Gasteiger partial charge < -0.3 is 19.4 Å². The third-order valence-electron chi connectivity index (χ3n) is 4.24. The van der Waals surface area contributed by atoms with Crippen molar-refractivity contribution in [1.82, 2.24) is 20.1 Å². The number of benzene rings is 1. The Kier molecular flexibility index (Phi) is 4.98. The van der Waals surface area contributed by atoms with Crippen LogP contribution < -0.4 is 14.8 Å². The quantitative estimate of drug-likeness (QED) is 0.861. The number of methoxy groups -OCH3 is 1. The van der Waals surface area contributed by atoms with Gasteiger partial charge in [0, 0.05) is 25.6 Å². The van der Waals surface area contributed by atoms with Crippen molar-refractivity contribution < 1.29 is 14.3 Å². The zero-order chi connectivity index (χ0) is 16.9. The summed E-state index contributed by atoms with van der Waals surface area (Å²) in [7, 11) is 1.63. The highest BCUT2D eigenvalue weighted by molar-refractivity contribution is 5.79. The Morgan fingerprint density at radius 3 is 3.17 bits per heavy atom. The Morgan fingerprint density at radius 1 is 1.50 bits per heavy atom. The molecule has 2 aromatic rings. The first-order valence-electron chi connectivity index (χ1n) is 8.15. The van der Waals surface area contributed by atoms with E-state index in [1.165, 1.54) is 0 Å². The van der Waals surface area contributed by atoms with Crippen molar-refractivity contribution in [3.63, 3.8) is 0 Å². The molecule has 1 aliphatic heterocycles. The third kappa shape index (κ3) is 3.50. The van der Waals surface area contributed by atoms with Crippen molar-refractivity contribution >= 4 is 5.91 Å². The van der Waals surface area contributed by atoms with Crippen LogP contribution in [-0.2, 0) is 24.2 Å². The van der Waals surface area contributed by atoms with Crippen LogP contribution in [0.1, 0.15) is 18.3 Å². The number of rotatable bonds is 6. The topological polar surface area (TPSA) is 78.3 Å². The van der Waals surface area contributed by atoms with Crippen LogP contribution in [0.4, 0.5) is 0 Å². The summed E-state index contributed by atoms with van der Waals surface area (Å²) in [4.78, 5) is 12.4. The zero-order valence-corrected chi connectivity index (χ0v) is 14.0. The number of carbonyl (C=O) groups excluding carboxylic acids is 1. The third-order valence-corrected chi connectivity index (χ3v) is 4.24. The van der Waals surface area contributed by atoms with E-state index in [0.717, 1.165) is 29.4 Å². The molecule has 1 N–H and O–H groups in total. The molecule has 1 unspecified atom stereocenters. The summed E-state index contributed by atoms with van der Waals surface area (Å²) < 4.78 is 12.9. The number of amides is 1.